The first-order valence-electron chi connectivity index (χ1n) is 10.5. The standard InChI is InChI=1S/C23H28N4O2S/c1-15-19-22(25-18-12-8-5-9-13-27(18)23(19)29)30-20(15)21(28)24-14-17(26(2)3)16-10-6-4-7-11-16/h4,6-7,10-11,17H,5,8-9,12-14H2,1-3H3,(H,24,28). The molecule has 0 spiro atoms. The Bertz CT molecular complexity index is 1120. The second kappa shape index (κ2) is 8.70. The van der Waals surface area contributed by atoms with Crippen molar-refractivity contribution in [2.24, 2.45) is 0 Å². The van der Waals surface area contributed by atoms with Gasteiger partial charge in [-0.2, -0.15) is 0 Å². The molecule has 0 fully saturated rings. The fourth-order valence-corrected chi connectivity index (χ4v) is 5.28. The van der Waals surface area contributed by atoms with Gasteiger partial charge >= 0.3 is 0 Å². The fourth-order valence-electron chi connectivity index (χ4n) is 4.17. The first-order chi connectivity index (χ1) is 14.5. The molecule has 7 heteroatoms. The zero-order chi connectivity index (χ0) is 21.3. The zero-order valence-corrected chi connectivity index (χ0v) is 18.6. The van der Waals surface area contributed by atoms with Crippen molar-refractivity contribution in [1.82, 2.24) is 19.8 Å². The van der Waals surface area contributed by atoms with E-state index in [9.17, 15) is 9.59 Å². The number of hydrogen-bond acceptors (Lipinski definition) is 5. The molecule has 0 radical (unpaired) electrons. The van der Waals surface area contributed by atoms with E-state index >= 15 is 0 Å². The molecule has 1 aliphatic heterocycles. The molecule has 0 aliphatic carbocycles. The minimum atomic E-state index is -0.141. The number of fused-ring (bicyclic) bond motifs is 2. The smallest absolute Gasteiger partial charge is 0.262 e. The monoisotopic (exact) mass is 424 g/mol. The van der Waals surface area contributed by atoms with Gasteiger partial charge < -0.3 is 10.2 Å². The number of likely N-dealkylation sites (N-methyl/N-ethyl adjacent to an activating group) is 1. The van der Waals surface area contributed by atoms with Gasteiger partial charge in [0.25, 0.3) is 11.5 Å². The maximum atomic E-state index is 13.1. The molecule has 3 aromatic rings. The molecule has 0 saturated heterocycles. The zero-order valence-electron chi connectivity index (χ0n) is 17.8. The summed E-state index contributed by atoms with van der Waals surface area (Å²) in [5.41, 5.74) is 1.89. The number of aryl methyl sites for hydroxylation is 2. The second-order valence-corrected chi connectivity index (χ2v) is 9.13. The van der Waals surface area contributed by atoms with Crippen LogP contribution in [0.15, 0.2) is 35.1 Å². The summed E-state index contributed by atoms with van der Waals surface area (Å²) in [7, 11) is 4.01. The molecule has 0 bridgehead atoms. The van der Waals surface area contributed by atoms with Crippen molar-refractivity contribution in [1.29, 1.82) is 0 Å². The third-order valence-electron chi connectivity index (χ3n) is 5.88. The van der Waals surface area contributed by atoms with E-state index < -0.39 is 0 Å². The Morgan fingerprint density at radius 1 is 1.23 bits per heavy atom. The molecule has 158 valence electrons. The van der Waals surface area contributed by atoms with Crippen LogP contribution in [-0.2, 0) is 13.0 Å². The molecule has 1 aromatic carbocycles. The summed E-state index contributed by atoms with van der Waals surface area (Å²) in [6.07, 6.45) is 4.01. The molecular formula is C23H28N4O2S. The lowest BCUT2D eigenvalue weighted by molar-refractivity contribution is 0.0945. The largest absolute Gasteiger partial charge is 0.349 e. The summed E-state index contributed by atoms with van der Waals surface area (Å²) < 4.78 is 1.81. The Balaban J connectivity index is 1.61. The van der Waals surface area contributed by atoms with Gasteiger partial charge in [-0.15, -0.1) is 11.3 Å². The Hall–Kier alpha value is -2.51. The summed E-state index contributed by atoms with van der Waals surface area (Å²) in [4.78, 5) is 34.3. The van der Waals surface area contributed by atoms with Gasteiger partial charge in [-0.3, -0.25) is 14.2 Å². The summed E-state index contributed by atoms with van der Waals surface area (Å²) in [5.74, 6) is 0.716. The van der Waals surface area contributed by atoms with Gasteiger partial charge in [0, 0.05) is 19.5 Å². The van der Waals surface area contributed by atoms with Gasteiger partial charge in [0.15, 0.2) is 0 Å². The van der Waals surface area contributed by atoms with Crippen LogP contribution in [0.2, 0.25) is 0 Å². The van der Waals surface area contributed by atoms with Crippen LogP contribution in [0.25, 0.3) is 10.2 Å². The van der Waals surface area contributed by atoms with Crippen LogP contribution < -0.4 is 10.9 Å². The number of carbonyl (C=O) groups excluding carboxylic acids is 1. The number of rotatable bonds is 5. The van der Waals surface area contributed by atoms with Crippen LogP contribution in [0, 0.1) is 6.92 Å². The van der Waals surface area contributed by atoms with Crippen molar-refractivity contribution in [2.45, 2.75) is 45.2 Å². The predicted molar refractivity (Wildman–Crippen MR) is 121 cm³/mol. The number of benzene rings is 1. The number of nitrogens with one attached hydrogen (secondary N) is 1. The lowest BCUT2D eigenvalue weighted by atomic mass is 10.1. The highest BCUT2D eigenvalue weighted by Crippen LogP contribution is 2.28. The van der Waals surface area contributed by atoms with Crippen LogP contribution in [-0.4, -0.2) is 41.0 Å². The van der Waals surface area contributed by atoms with E-state index in [1.807, 2.05) is 43.8 Å². The number of thiophene rings is 1. The molecule has 4 rings (SSSR count). The third-order valence-corrected chi connectivity index (χ3v) is 7.07. The summed E-state index contributed by atoms with van der Waals surface area (Å²) in [6, 6.07) is 10.2. The van der Waals surface area contributed by atoms with Crippen LogP contribution in [0.5, 0.6) is 0 Å². The molecule has 30 heavy (non-hydrogen) atoms. The first kappa shape index (κ1) is 20.8. The maximum Gasteiger partial charge on any atom is 0.262 e. The topological polar surface area (TPSA) is 67.2 Å². The van der Waals surface area contributed by atoms with Crippen molar-refractivity contribution < 1.29 is 4.79 Å². The predicted octanol–water partition coefficient (Wildman–Crippen LogP) is 3.53. The number of aromatic nitrogens is 2. The van der Waals surface area contributed by atoms with Crippen molar-refractivity contribution in [3.8, 4) is 0 Å². The second-order valence-electron chi connectivity index (χ2n) is 8.13. The Morgan fingerprint density at radius 3 is 2.73 bits per heavy atom. The number of hydrogen-bond donors (Lipinski definition) is 1. The quantitative estimate of drug-likeness (QED) is 0.680. The fraction of sp³-hybridized carbons (Fsp3) is 0.435. The van der Waals surface area contributed by atoms with E-state index in [0.29, 0.717) is 21.6 Å². The minimum absolute atomic E-state index is 0.000142. The van der Waals surface area contributed by atoms with Crippen LogP contribution in [0.4, 0.5) is 0 Å². The summed E-state index contributed by atoms with van der Waals surface area (Å²) in [6.45, 7) is 3.07. The molecule has 0 saturated carbocycles. The highest BCUT2D eigenvalue weighted by atomic mass is 32.1. The molecule has 6 nitrogen and oxygen atoms in total. The van der Waals surface area contributed by atoms with Crippen molar-refractivity contribution >= 4 is 27.5 Å². The number of carbonyl (C=O) groups is 1. The van der Waals surface area contributed by atoms with Gasteiger partial charge in [-0.1, -0.05) is 36.8 Å². The van der Waals surface area contributed by atoms with Gasteiger partial charge in [0.05, 0.1) is 16.3 Å². The van der Waals surface area contributed by atoms with E-state index in [1.165, 1.54) is 11.3 Å². The van der Waals surface area contributed by atoms with Crippen LogP contribution >= 0.6 is 11.3 Å². The van der Waals surface area contributed by atoms with Crippen LogP contribution in [0.1, 0.15) is 51.9 Å². The Labute approximate surface area is 180 Å². The van der Waals surface area contributed by atoms with Gasteiger partial charge in [-0.25, -0.2) is 4.98 Å². The normalized spacial score (nSPS) is 15.1. The third kappa shape index (κ3) is 3.91. The van der Waals surface area contributed by atoms with Crippen molar-refractivity contribution in [2.75, 3.05) is 20.6 Å². The highest BCUT2D eigenvalue weighted by Gasteiger charge is 2.23. The molecule has 1 unspecified atom stereocenters. The van der Waals surface area contributed by atoms with Gasteiger partial charge in [0.1, 0.15) is 10.7 Å². The van der Waals surface area contributed by atoms with E-state index in [4.69, 9.17) is 4.98 Å². The van der Waals surface area contributed by atoms with E-state index in [0.717, 1.165) is 49.2 Å². The van der Waals surface area contributed by atoms with E-state index in [-0.39, 0.29) is 17.5 Å². The minimum Gasteiger partial charge on any atom is -0.349 e. The molecule has 1 N–H and O–H groups in total. The summed E-state index contributed by atoms with van der Waals surface area (Å²) in [5, 5.41) is 3.67. The number of nitrogens with zero attached hydrogens (tertiary/aromatic N) is 3. The van der Waals surface area contributed by atoms with Crippen molar-refractivity contribution in [3.63, 3.8) is 0 Å². The molecular weight excluding hydrogens is 396 g/mol. The summed E-state index contributed by atoms with van der Waals surface area (Å²) >= 11 is 1.33. The van der Waals surface area contributed by atoms with E-state index in [1.54, 1.807) is 0 Å². The lowest BCUT2D eigenvalue weighted by Gasteiger charge is -2.25. The Kier molecular flexibility index (Phi) is 6.01. The SMILES string of the molecule is Cc1c(C(=O)NCC(c2ccccc2)N(C)C)sc2nc3n(c(=O)c12)CCCCC3. The molecule has 3 heterocycles. The van der Waals surface area contributed by atoms with Crippen LogP contribution in [0.3, 0.4) is 0 Å². The van der Waals surface area contributed by atoms with Gasteiger partial charge in [0.2, 0.25) is 0 Å². The molecule has 2 aromatic heterocycles. The molecule has 1 aliphatic rings. The number of amides is 1. The molecule has 1 amide bonds. The molecule has 1 atom stereocenters. The van der Waals surface area contributed by atoms with Gasteiger partial charge in [-0.05, 0) is 45.0 Å². The van der Waals surface area contributed by atoms with E-state index in [2.05, 4.69) is 22.3 Å². The Morgan fingerprint density at radius 2 is 2.00 bits per heavy atom. The first-order valence-corrected chi connectivity index (χ1v) is 11.3. The average Bonchev–Trinajstić information content (AvgIpc) is 2.90. The van der Waals surface area contributed by atoms with Crippen molar-refractivity contribution in [3.05, 3.63) is 62.5 Å². The lowest BCUT2D eigenvalue weighted by Crippen LogP contribution is -2.34. The average molecular weight is 425 g/mol. The highest BCUT2D eigenvalue weighted by molar-refractivity contribution is 7.20. The maximum absolute atomic E-state index is 13.1.